The van der Waals surface area contributed by atoms with Crippen molar-refractivity contribution in [3.63, 3.8) is 0 Å². The number of benzene rings is 6. The summed E-state index contributed by atoms with van der Waals surface area (Å²) in [6.45, 7) is -0.0285. The molecule has 0 aliphatic carbocycles. The SMILES string of the molecule is c1ccc(N2c3ccccc3B3c4ccccc4N(c4ccncc4)c4c5c(cc2c43)N(c2cccc3cccnc23)c2ccccc2O5)cc1. The Morgan fingerprint density at radius 3 is 1.92 bits per heavy atom. The van der Waals surface area contributed by atoms with Crippen LogP contribution in [0.5, 0.6) is 11.5 Å². The Kier molecular flexibility index (Phi) is 5.95. The highest BCUT2D eigenvalue weighted by Crippen LogP contribution is 2.58. The van der Waals surface area contributed by atoms with Crippen LogP contribution >= 0.6 is 0 Å². The van der Waals surface area contributed by atoms with Crippen LogP contribution in [-0.4, -0.2) is 16.7 Å². The fraction of sp³-hybridized carbons (Fsp3) is 0. The lowest BCUT2D eigenvalue weighted by Gasteiger charge is -2.46. The van der Waals surface area contributed by atoms with Crippen LogP contribution in [0, 0.1) is 0 Å². The summed E-state index contributed by atoms with van der Waals surface area (Å²) < 4.78 is 7.17. The van der Waals surface area contributed by atoms with Crippen LogP contribution in [0.2, 0.25) is 0 Å². The number of pyridine rings is 2. The van der Waals surface area contributed by atoms with Crippen LogP contribution in [0.3, 0.4) is 0 Å². The summed E-state index contributed by atoms with van der Waals surface area (Å²) in [4.78, 5) is 16.5. The van der Waals surface area contributed by atoms with Gasteiger partial charge in [0.25, 0.3) is 6.71 Å². The van der Waals surface area contributed by atoms with Gasteiger partial charge in [-0.1, -0.05) is 84.9 Å². The third kappa shape index (κ3) is 4.00. The van der Waals surface area contributed by atoms with Crippen molar-refractivity contribution in [1.29, 1.82) is 0 Å². The van der Waals surface area contributed by atoms with Crippen molar-refractivity contribution in [3.05, 3.63) is 170 Å². The molecule has 2 aromatic heterocycles. The van der Waals surface area contributed by atoms with Crippen LogP contribution in [0.15, 0.2) is 170 Å². The maximum absolute atomic E-state index is 7.17. The number of fused-ring (bicyclic) bond motifs is 8. The van der Waals surface area contributed by atoms with Gasteiger partial charge in [-0.15, -0.1) is 0 Å². The highest BCUT2D eigenvalue weighted by atomic mass is 16.5. The van der Waals surface area contributed by atoms with Gasteiger partial charge in [0.15, 0.2) is 11.5 Å². The molecule has 0 radical (unpaired) electrons. The molecule has 0 N–H and O–H groups in total. The molecule has 51 heavy (non-hydrogen) atoms. The van der Waals surface area contributed by atoms with E-state index >= 15 is 0 Å². The Balaban J connectivity index is 1.32. The summed E-state index contributed by atoms with van der Waals surface area (Å²) in [5.74, 6) is 1.58. The Morgan fingerprint density at radius 1 is 0.471 bits per heavy atom. The van der Waals surface area contributed by atoms with Crippen LogP contribution in [0.25, 0.3) is 10.9 Å². The van der Waals surface area contributed by atoms with E-state index in [-0.39, 0.29) is 6.71 Å². The first-order valence-electron chi connectivity index (χ1n) is 17.2. The summed E-state index contributed by atoms with van der Waals surface area (Å²) in [6, 6.07) is 53.6. The molecular formula is C44H28BN5O. The van der Waals surface area contributed by atoms with E-state index in [9.17, 15) is 0 Å². The first-order chi connectivity index (χ1) is 25.3. The highest BCUT2D eigenvalue weighted by Gasteiger charge is 2.47. The normalized spacial score (nSPS) is 13.5. The van der Waals surface area contributed by atoms with Crippen molar-refractivity contribution in [2.75, 3.05) is 14.7 Å². The first kappa shape index (κ1) is 28.0. The molecule has 0 saturated heterocycles. The predicted molar refractivity (Wildman–Crippen MR) is 208 cm³/mol. The van der Waals surface area contributed by atoms with E-state index in [0.29, 0.717) is 0 Å². The third-order valence-corrected chi connectivity index (χ3v) is 10.3. The van der Waals surface area contributed by atoms with E-state index in [1.54, 1.807) is 0 Å². The minimum absolute atomic E-state index is 0.0285. The number of ether oxygens (including phenoxy) is 1. The molecule has 3 aliphatic rings. The molecule has 0 unspecified atom stereocenters. The van der Waals surface area contributed by atoms with Crippen molar-refractivity contribution in [1.82, 2.24) is 9.97 Å². The molecule has 0 atom stereocenters. The molecule has 5 heterocycles. The number of para-hydroxylation sites is 6. The average molecular weight is 654 g/mol. The number of aromatic nitrogens is 2. The number of hydrogen-bond donors (Lipinski definition) is 0. The molecule has 0 fully saturated rings. The molecule has 6 aromatic carbocycles. The highest BCUT2D eigenvalue weighted by molar-refractivity contribution is 7.00. The predicted octanol–water partition coefficient (Wildman–Crippen LogP) is 9.29. The Morgan fingerprint density at radius 2 is 1.12 bits per heavy atom. The molecule has 7 heteroatoms. The smallest absolute Gasteiger partial charge is 0.252 e. The average Bonchev–Trinajstić information content (AvgIpc) is 3.20. The topological polar surface area (TPSA) is 44.7 Å². The fourth-order valence-electron chi connectivity index (χ4n) is 8.31. The quantitative estimate of drug-likeness (QED) is 0.177. The van der Waals surface area contributed by atoms with E-state index in [1.165, 1.54) is 16.4 Å². The van der Waals surface area contributed by atoms with Crippen molar-refractivity contribution in [3.8, 4) is 11.5 Å². The van der Waals surface area contributed by atoms with Gasteiger partial charge in [0.1, 0.15) is 0 Å². The summed E-state index contributed by atoms with van der Waals surface area (Å²) in [5, 5.41) is 1.08. The second-order valence-electron chi connectivity index (χ2n) is 13.0. The van der Waals surface area contributed by atoms with Crippen LogP contribution in [0.4, 0.5) is 51.2 Å². The minimum atomic E-state index is -0.0285. The zero-order valence-electron chi connectivity index (χ0n) is 27.4. The Bertz CT molecular complexity index is 2650. The number of hydrogen-bond acceptors (Lipinski definition) is 6. The molecule has 0 saturated carbocycles. The summed E-state index contributed by atoms with van der Waals surface area (Å²) >= 11 is 0. The van der Waals surface area contributed by atoms with Gasteiger partial charge < -0.3 is 19.4 Å². The van der Waals surface area contributed by atoms with E-state index in [0.717, 1.165) is 73.6 Å². The molecule has 3 aliphatic heterocycles. The summed E-state index contributed by atoms with van der Waals surface area (Å²) in [7, 11) is 0. The third-order valence-electron chi connectivity index (χ3n) is 10.3. The summed E-state index contributed by atoms with van der Waals surface area (Å²) in [5.41, 5.74) is 14.0. The van der Waals surface area contributed by atoms with Gasteiger partial charge in [-0.3, -0.25) is 9.97 Å². The van der Waals surface area contributed by atoms with Gasteiger partial charge in [0, 0.05) is 52.4 Å². The standard InChI is InChI=1S/C44H28BN5O/c1-2-14-30(15-3-1)48-34-18-6-4-16-32(34)45-33-17-5-7-19-35(33)49(31-23-26-46-27-24-31)43-41(45)38(48)28-39-44(43)51-40-22-9-8-20-36(40)50(39)37-21-10-12-29-13-11-25-47-42(29)37/h1-28H. The van der Waals surface area contributed by atoms with Crippen LogP contribution in [0.1, 0.15) is 0 Å². The minimum Gasteiger partial charge on any atom is -0.451 e. The van der Waals surface area contributed by atoms with Gasteiger partial charge in [-0.05, 0) is 83.1 Å². The molecule has 0 amide bonds. The monoisotopic (exact) mass is 653 g/mol. The Hall–Kier alpha value is -6.86. The maximum Gasteiger partial charge on any atom is 0.252 e. The van der Waals surface area contributed by atoms with Gasteiger partial charge in [0.2, 0.25) is 0 Å². The van der Waals surface area contributed by atoms with Gasteiger partial charge in [0.05, 0.1) is 28.3 Å². The molecule has 6 nitrogen and oxygen atoms in total. The molecular weight excluding hydrogens is 625 g/mol. The van der Waals surface area contributed by atoms with Crippen molar-refractivity contribution < 1.29 is 4.74 Å². The fourth-order valence-corrected chi connectivity index (χ4v) is 8.31. The number of anilines is 9. The zero-order valence-corrected chi connectivity index (χ0v) is 27.4. The van der Waals surface area contributed by atoms with Crippen molar-refractivity contribution in [2.45, 2.75) is 0 Å². The van der Waals surface area contributed by atoms with E-state index < -0.39 is 0 Å². The molecule has 0 spiro atoms. The lowest BCUT2D eigenvalue weighted by molar-refractivity contribution is 0.478. The maximum atomic E-state index is 7.17. The van der Waals surface area contributed by atoms with Crippen molar-refractivity contribution in [2.24, 2.45) is 0 Å². The first-order valence-corrected chi connectivity index (χ1v) is 17.2. The number of nitrogens with zero attached hydrogens (tertiary/aromatic N) is 5. The second-order valence-corrected chi connectivity index (χ2v) is 13.0. The molecule has 238 valence electrons. The van der Waals surface area contributed by atoms with Crippen LogP contribution < -0.4 is 35.8 Å². The van der Waals surface area contributed by atoms with Gasteiger partial charge >= 0.3 is 0 Å². The molecule has 8 aromatic rings. The van der Waals surface area contributed by atoms with E-state index in [2.05, 4.69) is 159 Å². The number of rotatable bonds is 3. The Labute approximate surface area is 295 Å². The van der Waals surface area contributed by atoms with Gasteiger partial charge in [-0.2, -0.15) is 0 Å². The molecule has 0 bridgehead atoms. The van der Waals surface area contributed by atoms with Crippen molar-refractivity contribution >= 4 is 85.2 Å². The lowest BCUT2D eigenvalue weighted by Crippen LogP contribution is -2.61. The zero-order chi connectivity index (χ0) is 33.5. The van der Waals surface area contributed by atoms with E-state index in [1.807, 2.05) is 30.7 Å². The van der Waals surface area contributed by atoms with Crippen LogP contribution in [-0.2, 0) is 0 Å². The van der Waals surface area contributed by atoms with E-state index in [4.69, 9.17) is 9.72 Å². The second kappa shape index (κ2) is 10.8. The lowest BCUT2D eigenvalue weighted by atomic mass is 9.33. The summed E-state index contributed by atoms with van der Waals surface area (Å²) in [6.07, 6.45) is 5.60. The molecule has 11 rings (SSSR count). The largest absolute Gasteiger partial charge is 0.451 e. The van der Waals surface area contributed by atoms with Gasteiger partial charge in [-0.25, -0.2) is 0 Å².